The van der Waals surface area contributed by atoms with Crippen LogP contribution in [-0.4, -0.2) is 13.6 Å². The second-order valence-corrected chi connectivity index (χ2v) is 5.72. The summed E-state index contributed by atoms with van der Waals surface area (Å²) in [5, 5.41) is 3.48. The van der Waals surface area contributed by atoms with Crippen molar-refractivity contribution in [3.63, 3.8) is 0 Å². The van der Waals surface area contributed by atoms with Crippen LogP contribution in [0.1, 0.15) is 31.2 Å². The molecular weight excluding hydrogens is 249 g/mol. The maximum absolute atomic E-state index is 13.4. The summed E-state index contributed by atoms with van der Waals surface area (Å²) < 4.78 is 13.4. The van der Waals surface area contributed by atoms with E-state index in [0.29, 0.717) is 5.92 Å². The molecule has 2 rings (SSSR count). The van der Waals surface area contributed by atoms with Crippen molar-refractivity contribution in [1.29, 1.82) is 0 Å². The molecule has 1 aliphatic carbocycles. The Hall–Kier alpha value is -0.600. The summed E-state index contributed by atoms with van der Waals surface area (Å²) in [7, 11) is 1.99. The molecule has 1 aliphatic rings. The zero-order valence-corrected chi connectivity index (χ0v) is 11.6. The molecule has 0 radical (unpaired) electrons. The molecule has 1 N–H and O–H groups in total. The fraction of sp³-hybridized carbons (Fsp3) is 0.600. The van der Waals surface area contributed by atoms with Crippen LogP contribution in [0, 0.1) is 17.7 Å². The van der Waals surface area contributed by atoms with E-state index in [4.69, 9.17) is 11.6 Å². The standard InChI is InChI=1S/C15H21ClFN/c1-18-10-13(12-4-2-3-5-12)8-11-6-7-14(16)15(17)9-11/h6-7,9,12-13,18H,2-5,8,10H2,1H3. The second kappa shape index (κ2) is 6.53. The van der Waals surface area contributed by atoms with Gasteiger partial charge in [0.05, 0.1) is 5.02 Å². The van der Waals surface area contributed by atoms with Crippen LogP contribution in [0.4, 0.5) is 4.39 Å². The van der Waals surface area contributed by atoms with Crippen molar-refractivity contribution in [1.82, 2.24) is 5.32 Å². The van der Waals surface area contributed by atoms with E-state index in [2.05, 4.69) is 5.32 Å². The van der Waals surface area contributed by atoms with Crippen LogP contribution in [-0.2, 0) is 6.42 Å². The summed E-state index contributed by atoms with van der Waals surface area (Å²) in [6.07, 6.45) is 6.28. The molecule has 1 aromatic rings. The Balaban J connectivity index is 2.04. The number of nitrogens with one attached hydrogen (secondary N) is 1. The molecule has 1 nitrogen and oxygen atoms in total. The third-order valence-electron chi connectivity index (χ3n) is 4.01. The van der Waals surface area contributed by atoms with Crippen LogP contribution in [0.3, 0.4) is 0 Å². The van der Waals surface area contributed by atoms with E-state index in [1.807, 2.05) is 13.1 Å². The Morgan fingerprint density at radius 2 is 2.11 bits per heavy atom. The first-order valence-electron chi connectivity index (χ1n) is 6.79. The normalized spacial score (nSPS) is 18.2. The Morgan fingerprint density at radius 1 is 1.39 bits per heavy atom. The van der Waals surface area contributed by atoms with Gasteiger partial charge in [-0.25, -0.2) is 4.39 Å². The average molecular weight is 270 g/mol. The van der Waals surface area contributed by atoms with Gasteiger partial charge in [0.1, 0.15) is 5.82 Å². The number of hydrogen-bond acceptors (Lipinski definition) is 1. The molecule has 100 valence electrons. The molecule has 1 unspecified atom stereocenters. The zero-order chi connectivity index (χ0) is 13.0. The van der Waals surface area contributed by atoms with Gasteiger partial charge < -0.3 is 5.32 Å². The summed E-state index contributed by atoms with van der Waals surface area (Å²) in [5.74, 6) is 1.10. The lowest BCUT2D eigenvalue weighted by molar-refractivity contribution is 0.328. The Bertz CT molecular complexity index is 388. The predicted molar refractivity (Wildman–Crippen MR) is 74.5 cm³/mol. The molecule has 1 fully saturated rings. The quantitative estimate of drug-likeness (QED) is 0.850. The molecule has 1 aromatic carbocycles. The Morgan fingerprint density at radius 3 is 2.72 bits per heavy atom. The third-order valence-corrected chi connectivity index (χ3v) is 4.32. The molecule has 1 atom stereocenters. The van der Waals surface area contributed by atoms with Gasteiger partial charge in [-0.15, -0.1) is 0 Å². The minimum Gasteiger partial charge on any atom is -0.319 e. The minimum absolute atomic E-state index is 0.213. The first kappa shape index (κ1) is 13.8. The van der Waals surface area contributed by atoms with Crippen molar-refractivity contribution in [2.24, 2.45) is 11.8 Å². The molecule has 0 bridgehead atoms. The molecule has 0 spiro atoms. The first-order valence-corrected chi connectivity index (χ1v) is 7.17. The van der Waals surface area contributed by atoms with Gasteiger partial charge in [0, 0.05) is 0 Å². The van der Waals surface area contributed by atoms with E-state index in [9.17, 15) is 4.39 Å². The summed E-state index contributed by atoms with van der Waals surface area (Å²) >= 11 is 5.72. The van der Waals surface area contributed by atoms with E-state index in [-0.39, 0.29) is 10.8 Å². The zero-order valence-electron chi connectivity index (χ0n) is 10.9. The summed E-state index contributed by atoms with van der Waals surface area (Å²) in [6.45, 7) is 1.01. The molecule has 0 aromatic heterocycles. The van der Waals surface area contributed by atoms with Gasteiger partial charge in [-0.05, 0) is 49.5 Å². The highest BCUT2D eigenvalue weighted by Crippen LogP contribution is 2.33. The fourth-order valence-corrected chi connectivity index (χ4v) is 3.18. The van der Waals surface area contributed by atoms with Gasteiger partial charge in [0.25, 0.3) is 0 Å². The number of benzene rings is 1. The fourth-order valence-electron chi connectivity index (χ4n) is 3.07. The van der Waals surface area contributed by atoms with Crippen LogP contribution in [0.2, 0.25) is 5.02 Å². The van der Waals surface area contributed by atoms with E-state index < -0.39 is 0 Å². The van der Waals surface area contributed by atoms with Gasteiger partial charge >= 0.3 is 0 Å². The lowest BCUT2D eigenvalue weighted by atomic mass is 9.85. The topological polar surface area (TPSA) is 12.0 Å². The van der Waals surface area contributed by atoms with Crippen molar-refractivity contribution >= 4 is 11.6 Å². The van der Waals surface area contributed by atoms with Crippen LogP contribution in [0.15, 0.2) is 18.2 Å². The number of rotatable bonds is 5. The smallest absolute Gasteiger partial charge is 0.142 e. The lowest BCUT2D eigenvalue weighted by Gasteiger charge is -2.23. The van der Waals surface area contributed by atoms with Gasteiger partial charge in [-0.1, -0.05) is 43.4 Å². The predicted octanol–water partition coefficient (Wildman–Crippen LogP) is 4.05. The average Bonchev–Trinajstić information content (AvgIpc) is 2.87. The molecule has 0 heterocycles. The van der Waals surface area contributed by atoms with E-state index >= 15 is 0 Å². The van der Waals surface area contributed by atoms with Crippen LogP contribution in [0.5, 0.6) is 0 Å². The molecule has 0 amide bonds. The SMILES string of the molecule is CNCC(Cc1ccc(Cl)c(F)c1)C1CCCC1. The number of halogens is 2. The van der Waals surface area contributed by atoms with Gasteiger partial charge in [0.15, 0.2) is 0 Å². The van der Waals surface area contributed by atoms with E-state index in [0.717, 1.165) is 24.4 Å². The van der Waals surface area contributed by atoms with Crippen LogP contribution >= 0.6 is 11.6 Å². The summed E-state index contributed by atoms with van der Waals surface area (Å²) in [6, 6.07) is 5.19. The van der Waals surface area contributed by atoms with E-state index in [1.54, 1.807) is 12.1 Å². The van der Waals surface area contributed by atoms with Crippen molar-refractivity contribution in [2.45, 2.75) is 32.1 Å². The first-order chi connectivity index (χ1) is 8.70. The van der Waals surface area contributed by atoms with Crippen molar-refractivity contribution < 1.29 is 4.39 Å². The molecule has 18 heavy (non-hydrogen) atoms. The van der Waals surface area contributed by atoms with Crippen LogP contribution in [0.25, 0.3) is 0 Å². The summed E-state index contributed by atoms with van der Waals surface area (Å²) in [4.78, 5) is 0. The van der Waals surface area contributed by atoms with Crippen molar-refractivity contribution in [3.8, 4) is 0 Å². The maximum atomic E-state index is 13.4. The second-order valence-electron chi connectivity index (χ2n) is 5.31. The van der Waals surface area contributed by atoms with Crippen molar-refractivity contribution in [3.05, 3.63) is 34.6 Å². The highest BCUT2D eigenvalue weighted by atomic mass is 35.5. The highest BCUT2D eigenvalue weighted by molar-refractivity contribution is 6.30. The Labute approximate surface area is 114 Å². The monoisotopic (exact) mass is 269 g/mol. The number of hydrogen-bond donors (Lipinski definition) is 1. The summed E-state index contributed by atoms with van der Waals surface area (Å²) in [5.41, 5.74) is 1.06. The van der Waals surface area contributed by atoms with Crippen LogP contribution < -0.4 is 5.32 Å². The molecular formula is C15H21ClFN. The molecule has 1 saturated carbocycles. The Kier molecular flexibility index (Phi) is 5.02. The molecule has 0 aliphatic heterocycles. The van der Waals surface area contributed by atoms with Gasteiger partial charge in [0.2, 0.25) is 0 Å². The van der Waals surface area contributed by atoms with Gasteiger partial charge in [-0.3, -0.25) is 0 Å². The highest BCUT2D eigenvalue weighted by Gasteiger charge is 2.24. The lowest BCUT2D eigenvalue weighted by Crippen LogP contribution is -2.26. The maximum Gasteiger partial charge on any atom is 0.142 e. The minimum atomic E-state index is -0.302. The van der Waals surface area contributed by atoms with Crippen molar-refractivity contribution in [2.75, 3.05) is 13.6 Å². The molecule has 0 saturated heterocycles. The van der Waals surface area contributed by atoms with E-state index in [1.165, 1.54) is 25.7 Å². The van der Waals surface area contributed by atoms with Gasteiger partial charge in [-0.2, -0.15) is 0 Å². The molecule has 3 heteroatoms. The largest absolute Gasteiger partial charge is 0.319 e. The third kappa shape index (κ3) is 3.46.